The van der Waals surface area contributed by atoms with E-state index in [9.17, 15) is 0 Å². The van der Waals surface area contributed by atoms with Crippen molar-refractivity contribution < 1.29 is 0 Å². The van der Waals surface area contributed by atoms with Crippen LogP contribution in [0.3, 0.4) is 0 Å². The average molecular weight is 229 g/mol. The van der Waals surface area contributed by atoms with Crippen LogP contribution < -0.4 is 0 Å². The largest absolute Gasteiger partial charge is 0.338 e. The highest BCUT2D eigenvalue weighted by Gasteiger charge is 2.29. The van der Waals surface area contributed by atoms with Crippen molar-refractivity contribution in [3.05, 3.63) is 18.2 Å². The van der Waals surface area contributed by atoms with E-state index in [0.29, 0.717) is 4.83 Å². The number of aryl methyl sites for hydroxylation is 1. The molecule has 1 unspecified atom stereocenters. The Labute approximate surface area is 81.1 Å². The Balaban J connectivity index is 1.97. The van der Waals surface area contributed by atoms with E-state index < -0.39 is 0 Å². The molecule has 2 nitrogen and oxygen atoms in total. The zero-order chi connectivity index (χ0) is 8.55. The highest BCUT2D eigenvalue weighted by atomic mass is 79.9. The summed E-state index contributed by atoms with van der Waals surface area (Å²) >= 11 is 3.71. The number of halogens is 1. The molecule has 1 aliphatic rings. The van der Waals surface area contributed by atoms with E-state index in [1.165, 1.54) is 18.7 Å². The maximum absolute atomic E-state index is 4.30. The Morgan fingerprint density at radius 3 is 3.00 bits per heavy atom. The third-order valence-electron chi connectivity index (χ3n) is 2.43. The highest BCUT2D eigenvalue weighted by Crippen LogP contribution is 2.37. The molecule has 1 saturated carbocycles. The molecule has 12 heavy (non-hydrogen) atoms. The molecule has 2 rings (SSSR count). The Kier molecular flexibility index (Phi) is 2.22. The average Bonchev–Trinajstić information content (AvgIpc) is 2.80. The van der Waals surface area contributed by atoms with Gasteiger partial charge in [-0.15, -0.1) is 0 Å². The number of hydrogen-bond acceptors (Lipinski definition) is 1. The van der Waals surface area contributed by atoms with Gasteiger partial charge in [0.05, 0.1) is 0 Å². The number of imidazole rings is 1. The normalized spacial score (nSPS) is 19.5. The van der Waals surface area contributed by atoms with Crippen LogP contribution in [0.4, 0.5) is 0 Å². The summed E-state index contributed by atoms with van der Waals surface area (Å²) in [6.07, 6.45) is 7.71. The summed E-state index contributed by atoms with van der Waals surface area (Å²) in [7, 11) is 2.05. The first-order valence-corrected chi connectivity index (χ1v) is 5.29. The van der Waals surface area contributed by atoms with Crippen LogP contribution in [0, 0.1) is 5.92 Å². The fourth-order valence-corrected chi connectivity index (χ4v) is 2.21. The van der Waals surface area contributed by atoms with Crippen LogP contribution in [0.15, 0.2) is 12.4 Å². The third kappa shape index (κ3) is 1.71. The standard InChI is InChI=1S/C9H13BrN2/c1-12-5-4-11-9(12)6-8(10)7-2-3-7/h4-5,7-8H,2-3,6H2,1H3. The van der Waals surface area contributed by atoms with Gasteiger partial charge in [-0.2, -0.15) is 0 Å². The number of nitrogens with zero attached hydrogens (tertiary/aromatic N) is 2. The van der Waals surface area contributed by atoms with Gasteiger partial charge in [0.15, 0.2) is 0 Å². The lowest BCUT2D eigenvalue weighted by atomic mass is 10.2. The minimum absolute atomic E-state index is 0.638. The van der Waals surface area contributed by atoms with Crippen molar-refractivity contribution in [3.63, 3.8) is 0 Å². The second kappa shape index (κ2) is 3.21. The van der Waals surface area contributed by atoms with E-state index in [0.717, 1.165) is 12.3 Å². The smallest absolute Gasteiger partial charge is 0.109 e. The lowest BCUT2D eigenvalue weighted by molar-refractivity contribution is 0.696. The van der Waals surface area contributed by atoms with Crippen molar-refractivity contribution in [2.24, 2.45) is 13.0 Å². The number of aromatic nitrogens is 2. The zero-order valence-corrected chi connectivity index (χ0v) is 8.79. The molecule has 1 aromatic heterocycles. The van der Waals surface area contributed by atoms with Crippen LogP contribution in [-0.2, 0) is 13.5 Å². The van der Waals surface area contributed by atoms with Crippen LogP contribution in [0.2, 0.25) is 0 Å². The molecule has 66 valence electrons. The molecule has 0 spiro atoms. The van der Waals surface area contributed by atoms with Gasteiger partial charge in [0.1, 0.15) is 5.82 Å². The van der Waals surface area contributed by atoms with Gasteiger partial charge in [0.25, 0.3) is 0 Å². The van der Waals surface area contributed by atoms with E-state index in [-0.39, 0.29) is 0 Å². The van der Waals surface area contributed by atoms with Crippen molar-refractivity contribution in [3.8, 4) is 0 Å². The van der Waals surface area contributed by atoms with Crippen molar-refractivity contribution in [1.29, 1.82) is 0 Å². The quantitative estimate of drug-likeness (QED) is 0.726. The van der Waals surface area contributed by atoms with Crippen LogP contribution in [0.1, 0.15) is 18.7 Å². The van der Waals surface area contributed by atoms with Crippen molar-refractivity contribution in [2.75, 3.05) is 0 Å². The van der Waals surface area contributed by atoms with Crippen LogP contribution >= 0.6 is 15.9 Å². The first-order chi connectivity index (χ1) is 5.77. The molecule has 0 aliphatic heterocycles. The molecule has 0 aromatic carbocycles. The Bertz CT molecular complexity index is 265. The van der Waals surface area contributed by atoms with Crippen LogP contribution in [0.5, 0.6) is 0 Å². The first kappa shape index (κ1) is 8.30. The monoisotopic (exact) mass is 228 g/mol. The topological polar surface area (TPSA) is 17.8 Å². The second-order valence-corrected chi connectivity index (χ2v) is 4.69. The summed E-state index contributed by atoms with van der Waals surface area (Å²) < 4.78 is 2.09. The summed E-state index contributed by atoms with van der Waals surface area (Å²) in [4.78, 5) is 4.94. The predicted molar refractivity (Wildman–Crippen MR) is 52.4 cm³/mol. The summed E-state index contributed by atoms with van der Waals surface area (Å²) in [5.41, 5.74) is 0. The van der Waals surface area contributed by atoms with Gasteiger partial charge in [-0.3, -0.25) is 0 Å². The third-order valence-corrected chi connectivity index (χ3v) is 3.50. The Morgan fingerprint density at radius 2 is 2.50 bits per heavy atom. The second-order valence-electron chi connectivity index (χ2n) is 3.51. The molecule has 3 heteroatoms. The molecule has 0 saturated heterocycles. The SMILES string of the molecule is Cn1ccnc1CC(Br)C1CC1. The van der Waals surface area contributed by atoms with Crippen LogP contribution in [0.25, 0.3) is 0 Å². The van der Waals surface area contributed by atoms with Gasteiger partial charge in [0.2, 0.25) is 0 Å². The van der Waals surface area contributed by atoms with E-state index in [1.807, 2.05) is 12.4 Å². The molecule has 0 N–H and O–H groups in total. The summed E-state index contributed by atoms with van der Waals surface area (Å²) in [5.74, 6) is 2.09. The van der Waals surface area contributed by atoms with E-state index in [2.05, 4.69) is 32.5 Å². The Morgan fingerprint density at radius 1 is 1.75 bits per heavy atom. The number of rotatable bonds is 3. The van der Waals surface area contributed by atoms with Crippen LogP contribution in [-0.4, -0.2) is 14.4 Å². The molecular weight excluding hydrogens is 216 g/mol. The van der Waals surface area contributed by atoms with Crippen molar-refractivity contribution in [2.45, 2.75) is 24.1 Å². The molecule has 1 heterocycles. The molecule has 1 atom stereocenters. The molecular formula is C9H13BrN2. The maximum Gasteiger partial charge on any atom is 0.109 e. The molecule has 0 bridgehead atoms. The highest BCUT2D eigenvalue weighted by molar-refractivity contribution is 9.09. The fourth-order valence-electron chi connectivity index (χ4n) is 1.39. The lowest BCUT2D eigenvalue weighted by Gasteiger charge is -2.07. The number of alkyl halides is 1. The molecule has 1 fully saturated rings. The zero-order valence-electron chi connectivity index (χ0n) is 7.20. The van der Waals surface area contributed by atoms with Gasteiger partial charge >= 0.3 is 0 Å². The number of hydrogen-bond donors (Lipinski definition) is 0. The molecule has 1 aromatic rings. The van der Waals surface area contributed by atoms with Crippen molar-refractivity contribution >= 4 is 15.9 Å². The van der Waals surface area contributed by atoms with Gasteiger partial charge in [-0.1, -0.05) is 15.9 Å². The maximum atomic E-state index is 4.30. The molecule has 1 aliphatic carbocycles. The lowest BCUT2D eigenvalue weighted by Crippen LogP contribution is -2.09. The fraction of sp³-hybridized carbons (Fsp3) is 0.667. The Hall–Kier alpha value is -0.310. The van der Waals surface area contributed by atoms with Gasteiger partial charge in [-0.25, -0.2) is 4.98 Å². The minimum atomic E-state index is 0.638. The van der Waals surface area contributed by atoms with Gasteiger partial charge in [0, 0.05) is 30.7 Å². The van der Waals surface area contributed by atoms with E-state index in [1.54, 1.807) is 0 Å². The first-order valence-electron chi connectivity index (χ1n) is 4.37. The molecule has 0 radical (unpaired) electrons. The minimum Gasteiger partial charge on any atom is -0.338 e. The van der Waals surface area contributed by atoms with E-state index >= 15 is 0 Å². The summed E-state index contributed by atoms with van der Waals surface area (Å²) in [5, 5.41) is 0. The summed E-state index contributed by atoms with van der Waals surface area (Å²) in [6, 6.07) is 0. The van der Waals surface area contributed by atoms with Gasteiger partial charge < -0.3 is 4.57 Å². The summed E-state index contributed by atoms with van der Waals surface area (Å²) in [6.45, 7) is 0. The predicted octanol–water partition coefficient (Wildman–Crippen LogP) is 2.14. The van der Waals surface area contributed by atoms with Crippen molar-refractivity contribution in [1.82, 2.24) is 9.55 Å². The van der Waals surface area contributed by atoms with Gasteiger partial charge in [-0.05, 0) is 18.8 Å². The van der Waals surface area contributed by atoms with E-state index in [4.69, 9.17) is 0 Å². The molecule has 0 amide bonds.